The molecule has 6 heteroatoms. The molecule has 5 nitrogen and oxygen atoms in total. The molecule has 1 N–H and O–H groups in total. The topological polar surface area (TPSA) is 56.2 Å². The smallest absolute Gasteiger partial charge is 0.244 e. The van der Waals surface area contributed by atoms with Gasteiger partial charge in [-0.1, -0.05) is 18.2 Å². The van der Waals surface area contributed by atoms with E-state index in [1.165, 1.54) is 12.1 Å². The highest BCUT2D eigenvalue weighted by atomic mass is 19.1. The van der Waals surface area contributed by atoms with E-state index in [0.717, 1.165) is 11.0 Å². The Labute approximate surface area is 132 Å². The molecular weight excluding hydrogens is 297 g/mol. The molecule has 0 aliphatic rings. The molecule has 0 aliphatic heterocycles. The lowest BCUT2D eigenvalue weighted by molar-refractivity contribution is -0.116. The molecule has 0 atom stereocenters. The molecule has 0 saturated carbocycles. The summed E-state index contributed by atoms with van der Waals surface area (Å²) in [5.41, 5.74) is 2.08. The average molecular weight is 313 g/mol. The lowest BCUT2D eigenvalue weighted by Crippen LogP contribution is -2.20. The number of carbonyl (C=O) groups excluding carboxylic acids is 1. The van der Waals surface area contributed by atoms with Crippen LogP contribution in [0.1, 0.15) is 5.82 Å². The van der Waals surface area contributed by atoms with Gasteiger partial charge in [0, 0.05) is 12.8 Å². The van der Waals surface area contributed by atoms with Crippen LogP contribution in [-0.2, 0) is 22.7 Å². The number of hydrogen-bond donors (Lipinski definition) is 1. The number of ether oxygens (including phenoxy) is 1. The molecule has 0 aliphatic carbocycles. The number of imidazole rings is 1. The highest BCUT2D eigenvalue weighted by Crippen LogP contribution is 2.17. The Balaban J connectivity index is 1.85. The van der Waals surface area contributed by atoms with Gasteiger partial charge in [-0.15, -0.1) is 0 Å². The van der Waals surface area contributed by atoms with Gasteiger partial charge in [0.25, 0.3) is 0 Å². The van der Waals surface area contributed by atoms with E-state index in [-0.39, 0.29) is 12.5 Å². The van der Waals surface area contributed by atoms with Crippen molar-refractivity contribution < 1.29 is 13.9 Å². The fourth-order valence-corrected chi connectivity index (χ4v) is 2.45. The van der Waals surface area contributed by atoms with Crippen molar-refractivity contribution in [1.82, 2.24) is 9.55 Å². The Morgan fingerprint density at radius 3 is 2.87 bits per heavy atom. The number of carbonyl (C=O) groups is 1. The summed E-state index contributed by atoms with van der Waals surface area (Å²) >= 11 is 0. The van der Waals surface area contributed by atoms with E-state index in [1.807, 2.05) is 24.3 Å². The van der Waals surface area contributed by atoms with E-state index in [1.54, 1.807) is 23.8 Å². The molecule has 0 bridgehead atoms. The molecular formula is C17H16FN3O2. The fraction of sp³-hybridized carbons (Fsp3) is 0.176. The second-order valence-electron chi connectivity index (χ2n) is 5.09. The monoisotopic (exact) mass is 313 g/mol. The second-order valence-corrected chi connectivity index (χ2v) is 5.09. The summed E-state index contributed by atoms with van der Waals surface area (Å²) in [6.07, 6.45) is 0. The van der Waals surface area contributed by atoms with E-state index in [4.69, 9.17) is 4.74 Å². The molecule has 0 unspecified atom stereocenters. The van der Waals surface area contributed by atoms with Crippen molar-refractivity contribution in [2.75, 3.05) is 12.4 Å². The van der Waals surface area contributed by atoms with Crippen LogP contribution in [-0.4, -0.2) is 22.6 Å². The third-order valence-corrected chi connectivity index (χ3v) is 3.42. The first-order chi connectivity index (χ1) is 11.2. The first-order valence-corrected chi connectivity index (χ1v) is 7.16. The maximum Gasteiger partial charge on any atom is 0.244 e. The third-order valence-electron chi connectivity index (χ3n) is 3.42. The number of para-hydroxylation sites is 2. The summed E-state index contributed by atoms with van der Waals surface area (Å²) < 4.78 is 20.1. The predicted octanol–water partition coefficient (Wildman–Crippen LogP) is 2.96. The van der Waals surface area contributed by atoms with Crippen LogP contribution < -0.4 is 5.32 Å². The lowest BCUT2D eigenvalue weighted by Gasteiger charge is -2.09. The molecule has 1 aromatic heterocycles. The van der Waals surface area contributed by atoms with Crippen molar-refractivity contribution in [2.24, 2.45) is 0 Å². The van der Waals surface area contributed by atoms with Crippen LogP contribution in [0.25, 0.3) is 11.0 Å². The number of methoxy groups -OCH3 is 1. The van der Waals surface area contributed by atoms with Gasteiger partial charge in [-0.3, -0.25) is 4.79 Å². The molecule has 0 saturated heterocycles. The summed E-state index contributed by atoms with van der Waals surface area (Å²) in [5.74, 6) is 0.0233. The summed E-state index contributed by atoms with van der Waals surface area (Å²) in [7, 11) is 1.58. The number of benzene rings is 2. The minimum absolute atomic E-state index is 0.0791. The third kappa shape index (κ3) is 3.37. The maximum atomic E-state index is 13.2. The Kier molecular flexibility index (Phi) is 4.34. The van der Waals surface area contributed by atoms with Gasteiger partial charge in [-0.05, 0) is 30.3 Å². The zero-order chi connectivity index (χ0) is 16.2. The van der Waals surface area contributed by atoms with Crippen LogP contribution in [0, 0.1) is 5.82 Å². The van der Waals surface area contributed by atoms with Gasteiger partial charge >= 0.3 is 0 Å². The number of amides is 1. The van der Waals surface area contributed by atoms with Gasteiger partial charge in [0.1, 0.15) is 24.8 Å². The number of halogens is 1. The number of anilines is 1. The van der Waals surface area contributed by atoms with Crippen molar-refractivity contribution in [2.45, 2.75) is 13.2 Å². The molecule has 2 aromatic carbocycles. The van der Waals surface area contributed by atoms with Gasteiger partial charge in [0.2, 0.25) is 5.91 Å². The largest absolute Gasteiger partial charge is 0.377 e. The van der Waals surface area contributed by atoms with Gasteiger partial charge in [-0.25, -0.2) is 9.37 Å². The van der Waals surface area contributed by atoms with Crippen LogP contribution >= 0.6 is 0 Å². The molecule has 3 aromatic rings. The summed E-state index contributed by atoms with van der Waals surface area (Å²) in [6.45, 7) is 0.387. The highest BCUT2D eigenvalue weighted by molar-refractivity contribution is 5.91. The SMILES string of the molecule is COCc1nc2ccccc2n1CC(=O)Nc1cccc(F)c1. The first-order valence-electron chi connectivity index (χ1n) is 7.16. The van der Waals surface area contributed by atoms with E-state index < -0.39 is 5.82 Å². The average Bonchev–Trinajstić information content (AvgIpc) is 2.85. The van der Waals surface area contributed by atoms with Crippen LogP contribution in [0.3, 0.4) is 0 Å². The first kappa shape index (κ1) is 15.2. The van der Waals surface area contributed by atoms with Crippen molar-refractivity contribution in [3.63, 3.8) is 0 Å². The molecule has 0 fully saturated rings. The number of hydrogen-bond acceptors (Lipinski definition) is 3. The Hall–Kier alpha value is -2.73. The molecule has 1 heterocycles. The second kappa shape index (κ2) is 6.58. The quantitative estimate of drug-likeness (QED) is 0.788. The zero-order valence-electron chi connectivity index (χ0n) is 12.6. The van der Waals surface area contributed by atoms with Crippen molar-refractivity contribution in [3.8, 4) is 0 Å². The van der Waals surface area contributed by atoms with E-state index in [9.17, 15) is 9.18 Å². The van der Waals surface area contributed by atoms with Crippen molar-refractivity contribution in [3.05, 3.63) is 60.2 Å². The van der Waals surface area contributed by atoms with E-state index >= 15 is 0 Å². The Bertz CT molecular complexity index is 845. The zero-order valence-corrected chi connectivity index (χ0v) is 12.6. The van der Waals surface area contributed by atoms with Crippen LogP contribution in [0.2, 0.25) is 0 Å². The van der Waals surface area contributed by atoms with E-state index in [0.29, 0.717) is 18.1 Å². The number of rotatable bonds is 5. The molecule has 118 valence electrons. The normalized spacial score (nSPS) is 10.9. The van der Waals surface area contributed by atoms with Gasteiger partial charge in [0.15, 0.2) is 0 Å². The number of nitrogens with zero attached hydrogens (tertiary/aromatic N) is 2. The Morgan fingerprint density at radius 2 is 2.09 bits per heavy atom. The lowest BCUT2D eigenvalue weighted by atomic mass is 10.3. The van der Waals surface area contributed by atoms with Crippen LogP contribution in [0.4, 0.5) is 10.1 Å². The van der Waals surface area contributed by atoms with Gasteiger partial charge < -0.3 is 14.6 Å². The summed E-state index contributed by atoms with van der Waals surface area (Å²) in [4.78, 5) is 16.7. The van der Waals surface area contributed by atoms with Gasteiger partial charge in [0.05, 0.1) is 11.0 Å². The minimum Gasteiger partial charge on any atom is -0.377 e. The standard InChI is InChI=1S/C17H16FN3O2/c1-23-11-16-20-14-7-2-3-8-15(14)21(16)10-17(22)19-13-6-4-5-12(18)9-13/h2-9H,10-11H2,1H3,(H,19,22). The summed E-state index contributed by atoms with van der Waals surface area (Å²) in [6, 6.07) is 13.4. The highest BCUT2D eigenvalue weighted by Gasteiger charge is 2.13. The fourth-order valence-electron chi connectivity index (χ4n) is 2.45. The van der Waals surface area contributed by atoms with Crippen molar-refractivity contribution in [1.29, 1.82) is 0 Å². The molecule has 1 amide bonds. The number of aromatic nitrogens is 2. The maximum absolute atomic E-state index is 13.2. The Morgan fingerprint density at radius 1 is 1.26 bits per heavy atom. The molecule has 0 spiro atoms. The van der Waals surface area contributed by atoms with Crippen molar-refractivity contribution >= 4 is 22.6 Å². The number of nitrogens with one attached hydrogen (secondary N) is 1. The van der Waals surface area contributed by atoms with Crippen LogP contribution in [0.5, 0.6) is 0 Å². The van der Waals surface area contributed by atoms with Gasteiger partial charge in [-0.2, -0.15) is 0 Å². The molecule has 23 heavy (non-hydrogen) atoms. The summed E-state index contributed by atoms with van der Waals surface area (Å²) in [5, 5.41) is 2.69. The van der Waals surface area contributed by atoms with Crippen LogP contribution in [0.15, 0.2) is 48.5 Å². The van der Waals surface area contributed by atoms with E-state index in [2.05, 4.69) is 10.3 Å². The predicted molar refractivity (Wildman–Crippen MR) is 85.5 cm³/mol. The molecule has 3 rings (SSSR count). The molecule has 0 radical (unpaired) electrons. The minimum atomic E-state index is -0.393. The number of fused-ring (bicyclic) bond motifs is 1.